The highest BCUT2D eigenvalue weighted by molar-refractivity contribution is 5.14. The van der Waals surface area contributed by atoms with Crippen LogP contribution in [0.1, 0.15) is 12.0 Å². The first-order valence-corrected chi connectivity index (χ1v) is 6.42. The topological polar surface area (TPSA) is 63.9 Å². The van der Waals surface area contributed by atoms with Crippen LogP contribution in [0, 0.1) is 5.92 Å². The number of nitrogens with zero attached hydrogens (tertiary/aromatic N) is 1. The van der Waals surface area contributed by atoms with Gasteiger partial charge in [-0.3, -0.25) is 4.90 Å². The van der Waals surface area contributed by atoms with Crippen molar-refractivity contribution >= 4 is 0 Å². The molecule has 4 heteroatoms. The lowest BCUT2D eigenvalue weighted by Crippen LogP contribution is -2.34. The zero-order valence-corrected chi connectivity index (χ0v) is 10.4. The predicted molar refractivity (Wildman–Crippen MR) is 68.9 cm³/mol. The fourth-order valence-corrected chi connectivity index (χ4v) is 2.52. The summed E-state index contributed by atoms with van der Waals surface area (Å²) < 4.78 is 0. The van der Waals surface area contributed by atoms with Crippen molar-refractivity contribution in [3.05, 3.63) is 35.9 Å². The highest BCUT2D eigenvalue weighted by Gasteiger charge is 2.29. The Morgan fingerprint density at radius 2 is 1.83 bits per heavy atom. The largest absolute Gasteiger partial charge is 0.396 e. The standard InChI is InChI=1S/C14H21NO3/c16-10-12-8-15(9-13(17)6-14(12)18)7-11-4-2-1-3-5-11/h1-5,12-14,16-18H,6-10H2/t12-,13+,14+/m1/s1. The molecule has 100 valence electrons. The molecule has 1 aliphatic heterocycles. The van der Waals surface area contributed by atoms with E-state index < -0.39 is 12.2 Å². The average Bonchev–Trinajstić information content (AvgIpc) is 2.49. The number of hydrogen-bond donors (Lipinski definition) is 3. The number of aliphatic hydroxyl groups excluding tert-OH is 3. The second-order valence-corrected chi connectivity index (χ2v) is 5.08. The normalized spacial score (nSPS) is 30.1. The Balaban J connectivity index is 2.02. The molecule has 3 atom stereocenters. The molecular weight excluding hydrogens is 230 g/mol. The summed E-state index contributed by atoms with van der Waals surface area (Å²) in [6, 6.07) is 10.0. The number of β-amino-alcohol motifs (C(OH)–C–C–N with tert-alkyl or cyclic N) is 1. The van der Waals surface area contributed by atoms with E-state index in [9.17, 15) is 15.3 Å². The second kappa shape index (κ2) is 6.29. The van der Waals surface area contributed by atoms with E-state index >= 15 is 0 Å². The molecule has 1 aliphatic rings. The van der Waals surface area contributed by atoms with Gasteiger partial charge in [0.15, 0.2) is 0 Å². The summed E-state index contributed by atoms with van der Waals surface area (Å²) in [5.74, 6) is -0.175. The summed E-state index contributed by atoms with van der Waals surface area (Å²) in [5.41, 5.74) is 1.18. The Hall–Kier alpha value is -0.940. The SMILES string of the molecule is OC[C@H]1CN(Cc2ccccc2)C[C@@H](O)C[C@@H]1O. The van der Waals surface area contributed by atoms with Crippen LogP contribution in [0.4, 0.5) is 0 Å². The third-order valence-corrected chi connectivity index (χ3v) is 3.50. The molecule has 0 radical (unpaired) electrons. The lowest BCUT2D eigenvalue weighted by Gasteiger charge is -2.25. The molecule has 0 saturated carbocycles. The summed E-state index contributed by atoms with van der Waals surface area (Å²) in [5, 5.41) is 29.0. The van der Waals surface area contributed by atoms with Crippen LogP contribution in [0.3, 0.4) is 0 Å². The molecular formula is C14H21NO3. The van der Waals surface area contributed by atoms with E-state index in [0.717, 1.165) is 6.54 Å². The number of hydrogen-bond acceptors (Lipinski definition) is 4. The van der Waals surface area contributed by atoms with Crippen molar-refractivity contribution in [1.29, 1.82) is 0 Å². The molecule has 0 bridgehead atoms. The smallest absolute Gasteiger partial charge is 0.0692 e. The molecule has 4 nitrogen and oxygen atoms in total. The molecule has 0 amide bonds. The van der Waals surface area contributed by atoms with Crippen LogP contribution < -0.4 is 0 Å². The third-order valence-electron chi connectivity index (χ3n) is 3.50. The van der Waals surface area contributed by atoms with Crippen LogP contribution >= 0.6 is 0 Å². The molecule has 1 aromatic rings. The van der Waals surface area contributed by atoms with E-state index in [1.54, 1.807) is 0 Å². The van der Waals surface area contributed by atoms with E-state index in [4.69, 9.17) is 0 Å². The number of rotatable bonds is 3. The molecule has 1 aromatic carbocycles. The minimum Gasteiger partial charge on any atom is -0.396 e. The lowest BCUT2D eigenvalue weighted by atomic mass is 10.0. The van der Waals surface area contributed by atoms with Gasteiger partial charge in [0.1, 0.15) is 0 Å². The van der Waals surface area contributed by atoms with Crippen LogP contribution in [-0.2, 0) is 6.54 Å². The average molecular weight is 251 g/mol. The van der Waals surface area contributed by atoms with Crippen molar-refractivity contribution in [1.82, 2.24) is 4.90 Å². The van der Waals surface area contributed by atoms with E-state index in [-0.39, 0.29) is 12.5 Å². The quantitative estimate of drug-likeness (QED) is 0.719. The molecule has 3 N–H and O–H groups in total. The van der Waals surface area contributed by atoms with Gasteiger partial charge in [-0.05, 0) is 5.56 Å². The van der Waals surface area contributed by atoms with Crippen LogP contribution in [0.15, 0.2) is 30.3 Å². The molecule has 0 spiro atoms. The highest BCUT2D eigenvalue weighted by atomic mass is 16.3. The Labute approximate surface area is 107 Å². The third kappa shape index (κ3) is 3.53. The minimum absolute atomic E-state index is 0.0425. The zero-order valence-electron chi connectivity index (χ0n) is 10.4. The maximum atomic E-state index is 9.86. The first kappa shape index (κ1) is 13.5. The maximum absolute atomic E-state index is 9.86. The van der Waals surface area contributed by atoms with Gasteiger partial charge in [-0.2, -0.15) is 0 Å². The molecule has 1 heterocycles. The van der Waals surface area contributed by atoms with Crippen LogP contribution in [0.25, 0.3) is 0 Å². The van der Waals surface area contributed by atoms with Gasteiger partial charge >= 0.3 is 0 Å². The Morgan fingerprint density at radius 1 is 1.11 bits per heavy atom. The summed E-state index contributed by atoms with van der Waals surface area (Å²) >= 11 is 0. The first-order chi connectivity index (χ1) is 8.69. The Bertz CT molecular complexity index is 357. The fraction of sp³-hybridized carbons (Fsp3) is 0.571. The van der Waals surface area contributed by atoms with Gasteiger partial charge in [0.25, 0.3) is 0 Å². The molecule has 1 saturated heterocycles. The first-order valence-electron chi connectivity index (χ1n) is 6.42. The predicted octanol–water partition coefficient (Wildman–Crippen LogP) is 0.223. The van der Waals surface area contributed by atoms with Crippen molar-refractivity contribution < 1.29 is 15.3 Å². The van der Waals surface area contributed by atoms with E-state index in [0.29, 0.717) is 19.5 Å². The number of likely N-dealkylation sites (tertiary alicyclic amines) is 1. The molecule has 18 heavy (non-hydrogen) atoms. The molecule has 1 fully saturated rings. The molecule has 2 rings (SSSR count). The highest BCUT2D eigenvalue weighted by Crippen LogP contribution is 2.19. The maximum Gasteiger partial charge on any atom is 0.0692 e. The Kier molecular flexibility index (Phi) is 4.72. The summed E-state index contributed by atoms with van der Waals surface area (Å²) in [4.78, 5) is 2.09. The van der Waals surface area contributed by atoms with Gasteiger partial charge in [-0.1, -0.05) is 30.3 Å². The van der Waals surface area contributed by atoms with Gasteiger partial charge in [-0.15, -0.1) is 0 Å². The zero-order chi connectivity index (χ0) is 13.0. The van der Waals surface area contributed by atoms with E-state index in [1.807, 2.05) is 30.3 Å². The fourth-order valence-electron chi connectivity index (χ4n) is 2.52. The van der Waals surface area contributed by atoms with E-state index in [1.165, 1.54) is 5.56 Å². The van der Waals surface area contributed by atoms with Crippen LogP contribution in [-0.4, -0.2) is 52.1 Å². The van der Waals surface area contributed by atoms with Gasteiger partial charge in [0.05, 0.1) is 12.2 Å². The monoisotopic (exact) mass is 251 g/mol. The van der Waals surface area contributed by atoms with Gasteiger partial charge in [-0.25, -0.2) is 0 Å². The van der Waals surface area contributed by atoms with Gasteiger partial charge < -0.3 is 15.3 Å². The lowest BCUT2D eigenvalue weighted by molar-refractivity contribution is 0.0399. The van der Waals surface area contributed by atoms with Gasteiger partial charge in [0.2, 0.25) is 0 Å². The van der Waals surface area contributed by atoms with Crippen molar-refractivity contribution in [3.63, 3.8) is 0 Å². The van der Waals surface area contributed by atoms with Crippen molar-refractivity contribution in [2.45, 2.75) is 25.2 Å². The Morgan fingerprint density at radius 3 is 2.50 bits per heavy atom. The molecule has 0 aromatic heterocycles. The van der Waals surface area contributed by atoms with Crippen molar-refractivity contribution in [2.75, 3.05) is 19.7 Å². The molecule has 0 aliphatic carbocycles. The minimum atomic E-state index is -0.620. The van der Waals surface area contributed by atoms with Crippen LogP contribution in [0.5, 0.6) is 0 Å². The number of benzene rings is 1. The van der Waals surface area contributed by atoms with Crippen molar-refractivity contribution in [3.8, 4) is 0 Å². The summed E-state index contributed by atoms with van der Waals surface area (Å²) in [6.07, 6.45) is -0.803. The van der Waals surface area contributed by atoms with Crippen molar-refractivity contribution in [2.24, 2.45) is 5.92 Å². The van der Waals surface area contributed by atoms with Crippen LogP contribution in [0.2, 0.25) is 0 Å². The van der Waals surface area contributed by atoms with Gasteiger partial charge in [0, 0.05) is 38.6 Å². The van der Waals surface area contributed by atoms with E-state index in [2.05, 4.69) is 4.90 Å². The summed E-state index contributed by atoms with van der Waals surface area (Å²) in [7, 11) is 0. The number of aliphatic hydroxyl groups is 3. The molecule has 0 unspecified atom stereocenters. The second-order valence-electron chi connectivity index (χ2n) is 5.08. The summed E-state index contributed by atoms with van der Waals surface area (Å²) in [6.45, 7) is 1.85.